The fraction of sp³-hybridized carbons (Fsp3) is 1.00. The Morgan fingerprint density at radius 2 is 1.58 bits per heavy atom. The van der Waals surface area contributed by atoms with Crippen LogP contribution in [0, 0.1) is 0 Å². The summed E-state index contributed by atoms with van der Waals surface area (Å²) in [7, 11) is -1.57. The van der Waals surface area contributed by atoms with E-state index in [1.165, 1.54) is 0 Å². The molecule has 0 radical (unpaired) electrons. The van der Waals surface area contributed by atoms with Gasteiger partial charge in [0, 0.05) is 0 Å². The van der Waals surface area contributed by atoms with Gasteiger partial charge in [-0.1, -0.05) is 0 Å². The maximum absolute atomic E-state index is 11.6. The maximum Gasteiger partial charge on any atom is 0.332 e. The lowest BCUT2D eigenvalue weighted by Gasteiger charge is -2.13. The van der Waals surface area contributed by atoms with E-state index < -0.39 is 21.6 Å². The Morgan fingerprint density at radius 3 is 1.92 bits per heavy atom. The minimum atomic E-state index is -2.48. The molecule has 0 N–H and O–H groups in total. The lowest BCUT2D eigenvalue weighted by Crippen LogP contribution is -2.03. The molecule has 0 aromatic heterocycles. The molecule has 0 aromatic carbocycles. The molecule has 0 amide bonds. The highest BCUT2D eigenvalue weighted by Gasteiger charge is 2.13. The molecule has 0 aliphatic rings. The van der Waals surface area contributed by atoms with Crippen LogP contribution in [0.3, 0.4) is 0 Å². The molecule has 0 aliphatic carbocycles. The molecule has 0 aliphatic heterocycles. The largest absolute Gasteiger partial charge is 0.332 e. The molecule has 0 aromatic rings. The molecule has 0 fully saturated rings. The van der Waals surface area contributed by atoms with Crippen molar-refractivity contribution in [2.24, 2.45) is 0 Å². The molecule has 0 saturated heterocycles. The van der Waals surface area contributed by atoms with E-state index in [9.17, 15) is 8.78 Å². The second-order valence-electron chi connectivity index (χ2n) is 1.75. The lowest BCUT2D eigenvalue weighted by atomic mass is 10.8. The van der Waals surface area contributed by atoms with Gasteiger partial charge in [-0.05, 0) is 13.8 Å². The molecule has 3 nitrogen and oxygen atoms in total. The Bertz CT molecular complexity index is 98.8. The number of rotatable bonds is 7. The highest BCUT2D eigenvalue weighted by Crippen LogP contribution is 2.39. The van der Waals surface area contributed by atoms with Crippen molar-refractivity contribution in [1.29, 1.82) is 0 Å². The van der Waals surface area contributed by atoms with Crippen LogP contribution >= 0.6 is 8.60 Å². The molecule has 0 rings (SSSR count). The van der Waals surface area contributed by atoms with Crippen LogP contribution in [-0.4, -0.2) is 26.2 Å². The van der Waals surface area contributed by atoms with Gasteiger partial charge < -0.3 is 13.6 Å². The van der Waals surface area contributed by atoms with E-state index in [4.69, 9.17) is 9.05 Å². The molecule has 0 spiro atoms. The smallest absolute Gasteiger partial charge is 0.313 e. The first kappa shape index (κ1) is 12.2. The second-order valence-corrected chi connectivity index (χ2v) is 2.97. The number of alkyl halides is 2. The van der Waals surface area contributed by atoms with Gasteiger partial charge >= 0.3 is 8.60 Å². The zero-order chi connectivity index (χ0) is 9.40. The van der Waals surface area contributed by atoms with Gasteiger partial charge in [0.15, 0.2) is 0 Å². The predicted molar refractivity (Wildman–Crippen MR) is 42.1 cm³/mol. The van der Waals surface area contributed by atoms with Crippen molar-refractivity contribution in [2.75, 3.05) is 19.8 Å². The van der Waals surface area contributed by atoms with Crippen molar-refractivity contribution in [3.63, 3.8) is 0 Å². The zero-order valence-corrected chi connectivity index (χ0v) is 8.02. The first-order valence-corrected chi connectivity index (χ1v) is 4.77. The first-order valence-electron chi connectivity index (χ1n) is 3.67. The first-order chi connectivity index (χ1) is 5.70. The third-order valence-electron chi connectivity index (χ3n) is 0.775. The van der Waals surface area contributed by atoms with Crippen molar-refractivity contribution >= 4 is 8.60 Å². The number of hydrogen-bond donors (Lipinski definition) is 0. The van der Waals surface area contributed by atoms with Crippen LogP contribution in [0.15, 0.2) is 0 Å². The molecule has 0 bridgehead atoms. The SMILES string of the molecule is CCOP(OCC)OCC(F)F. The van der Waals surface area contributed by atoms with E-state index in [-0.39, 0.29) is 0 Å². The quantitative estimate of drug-likeness (QED) is 0.594. The number of halogens is 2. The van der Waals surface area contributed by atoms with Gasteiger partial charge in [0.2, 0.25) is 0 Å². The van der Waals surface area contributed by atoms with Gasteiger partial charge in [-0.2, -0.15) is 0 Å². The molecular weight excluding hydrogens is 189 g/mol. The summed E-state index contributed by atoms with van der Waals surface area (Å²) in [5.41, 5.74) is 0. The lowest BCUT2D eigenvalue weighted by molar-refractivity contribution is 0.0631. The van der Waals surface area contributed by atoms with Crippen LogP contribution in [-0.2, 0) is 13.6 Å². The van der Waals surface area contributed by atoms with E-state index >= 15 is 0 Å². The average Bonchev–Trinajstić information content (AvgIpc) is 2.01. The van der Waals surface area contributed by atoms with Crippen molar-refractivity contribution < 1.29 is 22.4 Å². The second kappa shape index (κ2) is 7.80. The summed E-state index contributed by atoms with van der Waals surface area (Å²) in [5, 5.41) is 0. The molecule has 6 heteroatoms. The molecule has 12 heavy (non-hydrogen) atoms. The Balaban J connectivity index is 3.48. The van der Waals surface area contributed by atoms with Crippen molar-refractivity contribution in [2.45, 2.75) is 20.3 Å². The van der Waals surface area contributed by atoms with Crippen LogP contribution in [0.2, 0.25) is 0 Å². The minimum Gasteiger partial charge on any atom is -0.313 e. The Kier molecular flexibility index (Phi) is 7.91. The van der Waals surface area contributed by atoms with Gasteiger partial charge in [0.1, 0.15) is 6.61 Å². The summed E-state index contributed by atoms with van der Waals surface area (Å²) in [6, 6.07) is 0. The highest BCUT2D eigenvalue weighted by atomic mass is 31.2. The zero-order valence-electron chi connectivity index (χ0n) is 7.13. The summed E-state index contributed by atoms with van der Waals surface area (Å²) >= 11 is 0. The van der Waals surface area contributed by atoms with Gasteiger partial charge in [-0.3, -0.25) is 0 Å². The van der Waals surface area contributed by atoms with Crippen molar-refractivity contribution in [1.82, 2.24) is 0 Å². The molecule has 0 saturated carbocycles. The van der Waals surface area contributed by atoms with Crippen LogP contribution in [0.5, 0.6) is 0 Å². The predicted octanol–water partition coefficient (Wildman–Crippen LogP) is 2.57. The van der Waals surface area contributed by atoms with Gasteiger partial charge in [-0.15, -0.1) is 0 Å². The highest BCUT2D eigenvalue weighted by molar-refractivity contribution is 7.41. The van der Waals surface area contributed by atoms with Crippen molar-refractivity contribution in [3.05, 3.63) is 0 Å². The van der Waals surface area contributed by atoms with Crippen molar-refractivity contribution in [3.8, 4) is 0 Å². The maximum atomic E-state index is 11.6. The van der Waals surface area contributed by atoms with E-state index in [2.05, 4.69) is 4.52 Å². The molecule has 74 valence electrons. The Hall–Kier alpha value is 0.170. The summed E-state index contributed by atoms with van der Waals surface area (Å²) in [6.45, 7) is 3.66. The molecular formula is C6H13F2O3P. The summed E-state index contributed by atoms with van der Waals surface area (Å²) in [5.74, 6) is 0. The van der Waals surface area contributed by atoms with E-state index in [0.717, 1.165) is 0 Å². The van der Waals surface area contributed by atoms with E-state index in [1.807, 2.05) is 0 Å². The van der Waals surface area contributed by atoms with Crippen LogP contribution in [0.1, 0.15) is 13.8 Å². The van der Waals surface area contributed by atoms with Crippen LogP contribution in [0.4, 0.5) is 8.78 Å². The Labute approximate surface area is 72.0 Å². The fourth-order valence-electron chi connectivity index (χ4n) is 0.440. The summed E-state index contributed by atoms with van der Waals surface area (Å²) in [6.07, 6.45) is -2.48. The Morgan fingerprint density at radius 1 is 1.08 bits per heavy atom. The fourth-order valence-corrected chi connectivity index (χ4v) is 1.32. The van der Waals surface area contributed by atoms with E-state index in [0.29, 0.717) is 13.2 Å². The summed E-state index contributed by atoms with van der Waals surface area (Å²) in [4.78, 5) is 0. The molecule has 0 atom stereocenters. The standard InChI is InChI=1S/C6H13F2O3P/c1-3-9-12(10-4-2)11-5-6(7)8/h6H,3-5H2,1-2H3. The van der Waals surface area contributed by atoms with Gasteiger partial charge in [0.25, 0.3) is 6.43 Å². The third kappa shape index (κ3) is 6.85. The van der Waals surface area contributed by atoms with E-state index in [1.54, 1.807) is 13.8 Å². The monoisotopic (exact) mass is 202 g/mol. The molecule has 0 unspecified atom stereocenters. The van der Waals surface area contributed by atoms with Gasteiger partial charge in [-0.25, -0.2) is 8.78 Å². The number of hydrogen-bond acceptors (Lipinski definition) is 3. The summed E-state index contributed by atoms with van der Waals surface area (Å²) < 4.78 is 37.8. The van der Waals surface area contributed by atoms with Crippen LogP contribution < -0.4 is 0 Å². The average molecular weight is 202 g/mol. The van der Waals surface area contributed by atoms with Crippen LogP contribution in [0.25, 0.3) is 0 Å². The normalized spacial score (nSPS) is 11.5. The van der Waals surface area contributed by atoms with Gasteiger partial charge in [0.05, 0.1) is 13.2 Å². The minimum absolute atomic E-state index is 0.398. The third-order valence-corrected chi connectivity index (χ3v) is 2.07. The topological polar surface area (TPSA) is 27.7 Å². The molecule has 0 heterocycles.